The second-order valence-electron chi connectivity index (χ2n) is 14.0. The first-order valence-electron chi connectivity index (χ1n) is 13.9. The van der Waals surface area contributed by atoms with Gasteiger partial charge in [0.25, 0.3) is 23.4 Å². The number of hydrazine groups is 1. The molecule has 0 aromatic rings. The fourth-order valence-electron chi connectivity index (χ4n) is 6.56. The minimum Gasteiger partial charge on any atom is -0.350 e. The Kier molecular flexibility index (Phi) is 6.71. The standard InChI is InChI=1S/C27H38ClF2N5O5/c1-24(2,3)17(31-23(40)27(30)8-9-27)21(38)34-12-14-15(25(14,4)5)16(34)20(37)33-35(22(39)18(28)29)11-13-10-26(6-7-26)32-19(13)36/h13-18H,6-12H2,1-5H3,(H,31,40)(H,32,36)(H,33,37)/t13?,14-,15-,16-,17+,18?/m0/s1. The molecule has 40 heavy (non-hydrogen) atoms. The number of halogens is 3. The third-order valence-electron chi connectivity index (χ3n) is 9.60. The molecule has 0 radical (unpaired) electrons. The summed E-state index contributed by atoms with van der Waals surface area (Å²) in [6, 6.07) is -2.12. The molecular formula is C27H38ClF2N5O5. The molecule has 3 aliphatic carbocycles. The van der Waals surface area contributed by atoms with Gasteiger partial charge in [-0.3, -0.25) is 29.4 Å². The Morgan fingerprint density at radius 1 is 1.18 bits per heavy atom. The Hall–Kier alpha value is -2.50. The molecule has 5 aliphatic rings. The molecule has 2 heterocycles. The summed E-state index contributed by atoms with van der Waals surface area (Å²) >= 11 is 5.45. The second kappa shape index (κ2) is 9.25. The van der Waals surface area contributed by atoms with E-state index in [9.17, 15) is 32.8 Å². The van der Waals surface area contributed by atoms with E-state index in [0.717, 1.165) is 17.9 Å². The highest BCUT2D eigenvalue weighted by Crippen LogP contribution is 2.65. The minimum atomic E-state index is -2.44. The molecule has 13 heteroatoms. The third kappa shape index (κ3) is 5.05. The van der Waals surface area contributed by atoms with Crippen LogP contribution in [0, 0.1) is 28.6 Å². The number of fused-ring (bicyclic) bond motifs is 1. The van der Waals surface area contributed by atoms with Crippen LogP contribution >= 0.6 is 11.6 Å². The van der Waals surface area contributed by atoms with E-state index < -0.39 is 58.3 Å². The van der Waals surface area contributed by atoms with E-state index in [1.807, 2.05) is 13.8 Å². The Morgan fingerprint density at radius 2 is 1.80 bits per heavy atom. The number of nitrogens with one attached hydrogen (secondary N) is 3. The van der Waals surface area contributed by atoms with Gasteiger partial charge in [0.2, 0.25) is 11.8 Å². The Labute approximate surface area is 237 Å². The highest BCUT2D eigenvalue weighted by Gasteiger charge is 2.70. The van der Waals surface area contributed by atoms with Gasteiger partial charge in [-0.25, -0.2) is 13.8 Å². The second-order valence-corrected chi connectivity index (χ2v) is 14.4. The first-order chi connectivity index (χ1) is 18.4. The molecule has 2 unspecified atom stereocenters. The maximum atomic E-state index is 14.5. The Morgan fingerprint density at radius 3 is 2.30 bits per heavy atom. The molecule has 2 aliphatic heterocycles. The van der Waals surface area contributed by atoms with Crippen molar-refractivity contribution < 1.29 is 32.8 Å². The fourth-order valence-corrected chi connectivity index (χ4v) is 6.68. The van der Waals surface area contributed by atoms with Crippen LogP contribution in [0.4, 0.5) is 8.78 Å². The van der Waals surface area contributed by atoms with Gasteiger partial charge in [-0.05, 0) is 54.8 Å². The number of hydrogen-bond donors (Lipinski definition) is 3. The van der Waals surface area contributed by atoms with Crippen LogP contribution in [0.25, 0.3) is 0 Å². The van der Waals surface area contributed by atoms with Crippen molar-refractivity contribution in [3.8, 4) is 0 Å². The lowest BCUT2D eigenvalue weighted by Crippen LogP contribution is -2.62. The minimum absolute atomic E-state index is 0.0130. The lowest BCUT2D eigenvalue weighted by molar-refractivity contribution is -0.151. The molecule has 10 nitrogen and oxygen atoms in total. The molecule has 0 aromatic heterocycles. The van der Waals surface area contributed by atoms with Crippen molar-refractivity contribution in [3.63, 3.8) is 0 Å². The number of amides is 5. The van der Waals surface area contributed by atoms with E-state index in [2.05, 4.69) is 16.1 Å². The van der Waals surface area contributed by atoms with Crippen molar-refractivity contribution in [2.45, 2.75) is 95.6 Å². The molecule has 6 atom stereocenters. The number of alkyl halides is 3. The fraction of sp³-hybridized carbons (Fsp3) is 0.815. The molecule has 1 spiro atoms. The summed E-state index contributed by atoms with van der Waals surface area (Å²) in [6.07, 6.45) is 2.29. The molecular weight excluding hydrogens is 548 g/mol. The van der Waals surface area contributed by atoms with Crippen LogP contribution in [0.2, 0.25) is 0 Å². The number of nitrogens with zero attached hydrogens (tertiary/aromatic N) is 2. The van der Waals surface area contributed by atoms with Gasteiger partial charge in [0.15, 0.2) is 5.67 Å². The first-order valence-corrected chi connectivity index (χ1v) is 14.4. The number of piperidine rings is 1. The number of hydrogen-bond acceptors (Lipinski definition) is 5. The van der Waals surface area contributed by atoms with Crippen LogP contribution in [-0.4, -0.2) is 81.5 Å². The lowest BCUT2D eigenvalue weighted by Gasteiger charge is -2.38. The molecule has 3 N–H and O–H groups in total. The van der Waals surface area contributed by atoms with Gasteiger partial charge in [-0.2, -0.15) is 0 Å². The highest BCUT2D eigenvalue weighted by molar-refractivity contribution is 6.29. The molecule has 5 fully saturated rings. The van der Waals surface area contributed by atoms with Crippen LogP contribution in [0.15, 0.2) is 0 Å². The van der Waals surface area contributed by atoms with Gasteiger partial charge in [-0.15, -0.1) is 0 Å². The van der Waals surface area contributed by atoms with E-state index >= 15 is 0 Å². The quantitative estimate of drug-likeness (QED) is 0.309. The zero-order valence-electron chi connectivity index (χ0n) is 23.5. The van der Waals surface area contributed by atoms with E-state index in [4.69, 9.17) is 11.6 Å². The van der Waals surface area contributed by atoms with Gasteiger partial charge >= 0.3 is 0 Å². The predicted octanol–water partition coefficient (Wildman–Crippen LogP) is 1.57. The van der Waals surface area contributed by atoms with Crippen molar-refractivity contribution >= 4 is 41.1 Å². The van der Waals surface area contributed by atoms with Crippen LogP contribution in [0.3, 0.4) is 0 Å². The van der Waals surface area contributed by atoms with Gasteiger partial charge in [0, 0.05) is 12.1 Å². The van der Waals surface area contributed by atoms with Crippen LogP contribution < -0.4 is 16.1 Å². The van der Waals surface area contributed by atoms with Gasteiger partial charge in [-0.1, -0.05) is 46.2 Å². The SMILES string of the molecule is CC(C)(C)[C@H](NC(=O)C1(F)CC1)C(=O)N1C[C@H]2[C@@H]([C@H]1C(=O)NN(CC1CC3(CC3)NC1=O)C(=O)C(F)Cl)C2(C)C. The van der Waals surface area contributed by atoms with Crippen molar-refractivity contribution in [3.05, 3.63) is 0 Å². The van der Waals surface area contributed by atoms with E-state index in [1.54, 1.807) is 20.8 Å². The summed E-state index contributed by atoms with van der Waals surface area (Å²) in [5.41, 5.74) is -3.31. The van der Waals surface area contributed by atoms with E-state index in [0.29, 0.717) is 6.42 Å². The van der Waals surface area contributed by atoms with Gasteiger partial charge in [0.1, 0.15) is 12.1 Å². The molecule has 0 aromatic carbocycles. The first kappa shape index (κ1) is 29.0. The van der Waals surface area contributed by atoms with Crippen molar-refractivity contribution in [2.75, 3.05) is 13.1 Å². The van der Waals surface area contributed by atoms with Crippen molar-refractivity contribution in [1.82, 2.24) is 26.0 Å². The van der Waals surface area contributed by atoms with Crippen molar-refractivity contribution in [2.24, 2.45) is 28.6 Å². The average Bonchev–Trinajstić information content (AvgIpc) is 3.78. The molecule has 2 saturated heterocycles. The number of carbonyl (C=O) groups excluding carboxylic acids is 5. The topological polar surface area (TPSA) is 128 Å². The zero-order valence-corrected chi connectivity index (χ0v) is 24.2. The van der Waals surface area contributed by atoms with Gasteiger partial charge in [0.05, 0.1) is 12.5 Å². The molecule has 5 amide bonds. The summed E-state index contributed by atoms with van der Waals surface area (Å²) < 4.78 is 28.4. The predicted molar refractivity (Wildman–Crippen MR) is 140 cm³/mol. The summed E-state index contributed by atoms with van der Waals surface area (Å²) in [5.74, 6) is -4.48. The Bertz CT molecular complexity index is 1150. The molecule has 222 valence electrons. The zero-order chi connectivity index (χ0) is 29.6. The average molecular weight is 586 g/mol. The maximum Gasteiger partial charge on any atom is 0.291 e. The van der Waals surface area contributed by atoms with E-state index in [1.165, 1.54) is 4.90 Å². The van der Waals surface area contributed by atoms with E-state index in [-0.39, 0.29) is 54.6 Å². The third-order valence-corrected chi connectivity index (χ3v) is 9.78. The molecule has 5 rings (SSSR count). The normalized spacial score (nSPS) is 31.5. The number of likely N-dealkylation sites (tertiary alicyclic amines) is 1. The van der Waals surface area contributed by atoms with Crippen LogP contribution in [0.1, 0.15) is 66.7 Å². The monoisotopic (exact) mass is 585 g/mol. The summed E-state index contributed by atoms with van der Waals surface area (Å²) in [7, 11) is 0. The molecule has 0 bridgehead atoms. The number of carbonyl (C=O) groups is 5. The smallest absolute Gasteiger partial charge is 0.291 e. The van der Waals surface area contributed by atoms with Crippen molar-refractivity contribution in [1.29, 1.82) is 0 Å². The lowest BCUT2D eigenvalue weighted by atomic mass is 9.85. The van der Waals surface area contributed by atoms with Gasteiger partial charge < -0.3 is 15.5 Å². The largest absolute Gasteiger partial charge is 0.350 e. The van der Waals surface area contributed by atoms with Crippen LogP contribution in [0.5, 0.6) is 0 Å². The highest BCUT2D eigenvalue weighted by atomic mass is 35.5. The molecule has 3 saturated carbocycles. The Balaban J connectivity index is 1.36. The summed E-state index contributed by atoms with van der Waals surface area (Å²) in [4.78, 5) is 66.8. The number of rotatable bonds is 7. The maximum absolute atomic E-state index is 14.5. The van der Waals surface area contributed by atoms with Crippen LogP contribution in [-0.2, 0) is 24.0 Å². The summed E-state index contributed by atoms with van der Waals surface area (Å²) in [6.45, 7) is 9.15. The summed E-state index contributed by atoms with van der Waals surface area (Å²) in [5, 5.41) is 6.23.